The molecule has 4 nitrogen and oxygen atoms in total. The molecule has 0 radical (unpaired) electrons. The van der Waals surface area contributed by atoms with Crippen LogP contribution in [0.1, 0.15) is 41.3 Å². The molecule has 1 heterocycles. The van der Waals surface area contributed by atoms with E-state index in [0.717, 1.165) is 17.7 Å². The number of hydrogen-bond donors (Lipinski definition) is 0. The molecule has 2 aromatic carbocycles. The molecule has 1 amide bonds. The van der Waals surface area contributed by atoms with E-state index >= 15 is 0 Å². The number of amides is 1. The predicted molar refractivity (Wildman–Crippen MR) is 111 cm³/mol. The van der Waals surface area contributed by atoms with E-state index in [0.29, 0.717) is 31.5 Å². The number of aryl methyl sites for hydroxylation is 1. The summed E-state index contributed by atoms with van der Waals surface area (Å²) in [6.45, 7) is 3.35. The summed E-state index contributed by atoms with van der Waals surface area (Å²) in [7, 11) is 1.61. The van der Waals surface area contributed by atoms with Crippen molar-refractivity contribution in [2.24, 2.45) is 5.92 Å². The highest BCUT2D eigenvalue weighted by molar-refractivity contribution is 5.98. The monoisotopic (exact) mass is 377 g/mol. The number of ketones is 1. The van der Waals surface area contributed by atoms with Crippen molar-refractivity contribution >= 4 is 17.8 Å². The largest absolute Gasteiger partial charge is 0.497 e. The second-order valence-electron chi connectivity index (χ2n) is 7.12. The second kappa shape index (κ2) is 9.36. The number of likely N-dealkylation sites (tertiary alicyclic amines) is 1. The zero-order valence-corrected chi connectivity index (χ0v) is 16.6. The van der Waals surface area contributed by atoms with Crippen LogP contribution in [0, 0.1) is 5.92 Å². The van der Waals surface area contributed by atoms with E-state index in [9.17, 15) is 9.59 Å². The summed E-state index contributed by atoms with van der Waals surface area (Å²) >= 11 is 0. The number of ether oxygens (including phenoxy) is 1. The van der Waals surface area contributed by atoms with Crippen LogP contribution in [0.25, 0.3) is 6.08 Å². The van der Waals surface area contributed by atoms with Crippen molar-refractivity contribution < 1.29 is 14.3 Å². The van der Waals surface area contributed by atoms with E-state index < -0.39 is 0 Å². The van der Waals surface area contributed by atoms with Crippen molar-refractivity contribution in [2.75, 3.05) is 20.2 Å². The van der Waals surface area contributed by atoms with E-state index in [-0.39, 0.29) is 17.6 Å². The first-order valence-corrected chi connectivity index (χ1v) is 9.85. The summed E-state index contributed by atoms with van der Waals surface area (Å²) < 4.78 is 5.14. The van der Waals surface area contributed by atoms with Gasteiger partial charge in [0, 0.05) is 30.6 Å². The van der Waals surface area contributed by atoms with Crippen LogP contribution in [-0.2, 0) is 11.2 Å². The van der Waals surface area contributed by atoms with E-state index in [1.165, 1.54) is 5.56 Å². The summed E-state index contributed by atoms with van der Waals surface area (Å²) in [6, 6.07) is 15.5. The molecule has 146 valence electrons. The molecule has 0 bridgehead atoms. The lowest BCUT2D eigenvalue weighted by Gasteiger charge is -2.30. The summed E-state index contributed by atoms with van der Waals surface area (Å²) in [5, 5.41) is 0. The normalized spacial score (nSPS) is 15.0. The number of carbonyl (C=O) groups excluding carboxylic acids is 2. The lowest BCUT2D eigenvalue weighted by atomic mass is 9.89. The quantitative estimate of drug-likeness (QED) is 0.554. The van der Waals surface area contributed by atoms with Crippen LogP contribution in [0.5, 0.6) is 5.75 Å². The van der Waals surface area contributed by atoms with Gasteiger partial charge in [-0.3, -0.25) is 9.59 Å². The van der Waals surface area contributed by atoms with Gasteiger partial charge >= 0.3 is 0 Å². The van der Waals surface area contributed by atoms with Crippen molar-refractivity contribution in [3.05, 3.63) is 71.3 Å². The Balaban J connectivity index is 1.52. The molecule has 4 heteroatoms. The maximum Gasteiger partial charge on any atom is 0.246 e. The third kappa shape index (κ3) is 4.89. The first-order chi connectivity index (χ1) is 13.6. The Labute approximate surface area is 166 Å². The van der Waals surface area contributed by atoms with Gasteiger partial charge in [-0.2, -0.15) is 0 Å². The third-order valence-corrected chi connectivity index (χ3v) is 5.36. The molecule has 1 fully saturated rings. The van der Waals surface area contributed by atoms with Crippen molar-refractivity contribution in [1.82, 2.24) is 4.90 Å². The minimum Gasteiger partial charge on any atom is -0.497 e. The molecule has 1 aliphatic heterocycles. The summed E-state index contributed by atoms with van der Waals surface area (Å²) in [6.07, 6.45) is 5.90. The molecule has 0 saturated carbocycles. The van der Waals surface area contributed by atoms with Crippen LogP contribution in [0.15, 0.2) is 54.6 Å². The molecule has 0 spiro atoms. The number of methoxy groups -OCH3 is 1. The maximum absolute atomic E-state index is 12.7. The Morgan fingerprint density at radius 3 is 2.25 bits per heavy atom. The molecule has 2 aromatic rings. The number of piperidine rings is 1. The van der Waals surface area contributed by atoms with Crippen LogP contribution >= 0.6 is 0 Å². The van der Waals surface area contributed by atoms with E-state index in [1.807, 2.05) is 47.4 Å². The van der Waals surface area contributed by atoms with E-state index in [4.69, 9.17) is 4.74 Å². The van der Waals surface area contributed by atoms with Gasteiger partial charge in [0.25, 0.3) is 0 Å². The predicted octanol–water partition coefficient (Wildman–Crippen LogP) is 4.39. The van der Waals surface area contributed by atoms with Gasteiger partial charge in [-0.15, -0.1) is 0 Å². The molecule has 0 atom stereocenters. The lowest BCUT2D eigenvalue weighted by Crippen LogP contribution is -2.39. The maximum atomic E-state index is 12.7. The highest BCUT2D eigenvalue weighted by Gasteiger charge is 2.27. The fourth-order valence-electron chi connectivity index (χ4n) is 3.49. The Morgan fingerprint density at radius 1 is 1.04 bits per heavy atom. The van der Waals surface area contributed by atoms with Crippen molar-refractivity contribution in [2.45, 2.75) is 26.2 Å². The highest BCUT2D eigenvalue weighted by Crippen LogP contribution is 2.23. The molecular weight excluding hydrogens is 350 g/mol. The fourth-order valence-corrected chi connectivity index (χ4v) is 3.49. The zero-order chi connectivity index (χ0) is 19.9. The van der Waals surface area contributed by atoms with Crippen molar-refractivity contribution in [3.63, 3.8) is 0 Å². The van der Waals surface area contributed by atoms with Gasteiger partial charge in [-0.05, 0) is 60.7 Å². The van der Waals surface area contributed by atoms with Crippen LogP contribution in [-0.4, -0.2) is 36.8 Å². The third-order valence-electron chi connectivity index (χ3n) is 5.36. The molecule has 1 aliphatic rings. The number of nitrogens with zero attached hydrogens (tertiary/aromatic N) is 1. The van der Waals surface area contributed by atoms with Crippen LogP contribution in [0.4, 0.5) is 0 Å². The lowest BCUT2D eigenvalue weighted by molar-refractivity contribution is -0.127. The van der Waals surface area contributed by atoms with E-state index in [2.05, 4.69) is 19.1 Å². The molecule has 3 rings (SSSR count). The minimum absolute atomic E-state index is 0.00918. The smallest absolute Gasteiger partial charge is 0.246 e. The Kier molecular flexibility index (Phi) is 6.64. The van der Waals surface area contributed by atoms with Crippen LogP contribution < -0.4 is 4.74 Å². The molecular formula is C24H27NO3. The van der Waals surface area contributed by atoms with Gasteiger partial charge in [0.15, 0.2) is 5.78 Å². The van der Waals surface area contributed by atoms with Crippen LogP contribution in [0.3, 0.4) is 0 Å². The number of Topliss-reactive ketones (excluding diaryl/α,β-unsaturated/α-hetero) is 1. The molecule has 28 heavy (non-hydrogen) atoms. The second-order valence-corrected chi connectivity index (χ2v) is 7.12. The SMILES string of the molecule is CCc1ccc(C=CC(=O)N2CCC(C(=O)c3ccc(OC)cc3)CC2)cc1. The highest BCUT2D eigenvalue weighted by atomic mass is 16.5. The number of carbonyl (C=O) groups is 2. The summed E-state index contributed by atoms with van der Waals surface area (Å²) in [5.74, 6) is 0.882. The molecule has 0 N–H and O–H groups in total. The Hall–Kier alpha value is -2.88. The fraction of sp³-hybridized carbons (Fsp3) is 0.333. The standard InChI is InChI=1S/C24H27NO3/c1-3-18-4-6-19(7-5-18)8-13-23(26)25-16-14-21(15-17-25)24(27)20-9-11-22(28-2)12-10-20/h4-13,21H,3,14-17H2,1-2H3. The topological polar surface area (TPSA) is 46.6 Å². The van der Waals surface area contributed by atoms with Gasteiger partial charge in [0.2, 0.25) is 5.91 Å². The average Bonchev–Trinajstić information content (AvgIpc) is 2.77. The van der Waals surface area contributed by atoms with Gasteiger partial charge in [0.05, 0.1) is 7.11 Å². The van der Waals surface area contributed by atoms with Gasteiger partial charge in [0.1, 0.15) is 5.75 Å². The van der Waals surface area contributed by atoms with Crippen molar-refractivity contribution in [3.8, 4) is 5.75 Å². The van der Waals surface area contributed by atoms with Gasteiger partial charge < -0.3 is 9.64 Å². The number of benzene rings is 2. The van der Waals surface area contributed by atoms with Crippen LogP contribution in [0.2, 0.25) is 0 Å². The molecule has 1 saturated heterocycles. The van der Waals surface area contributed by atoms with Gasteiger partial charge in [-0.1, -0.05) is 31.2 Å². The molecule has 0 unspecified atom stereocenters. The zero-order valence-electron chi connectivity index (χ0n) is 16.6. The Bertz CT molecular complexity index is 829. The number of hydrogen-bond acceptors (Lipinski definition) is 3. The molecule has 0 aromatic heterocycles. The Morgan fingerprint density at radius 2 is 1.68 bits per heavy atom. The average molecular weight is 377 g/mol. The number of rotatable bonds is 6. The first kappa shape index (κ1) is 19.9. The summed E-state index contributed by atoms with van der Waals surface area (Å²) in [5.41, 5.74) is 3.02. The molecule has 0 aliphatic carbocycles. The van der Waals surface area contributed by atoms with E-state index in [1.54, 1.807) is 13.2 Å². The summed E-state index contributed by atoms with van der Waals surface area (Å²) in [4.78, 5) is 27.0. The first-order valence-electron chi connectivity index (χ1n) is 9.85. The van der Waals surface area contributed by atoms with Gasteiger partial charge in [-0.25, -0.2) is 0 Å². The van der Waals surface area contributed by atoms with Crippen molar-refractivity contribution in [1.29, 1.82) is 0 Å². The minimum atomic E-state index is -0.0250.